The summed E-state index contributed by atoms with van der Waals surface area (Å²) >= 11 is 5.93. The predicted molar refractivity (Wildman–Crippen MR) is 101 cm³/mol. The summed E-state index contributed by atoms with van der Waals surface area (Å²) in [6.07, 6.45) is 3.14. The quantitative estimate of drug-likeness (QED) is 0.607. The van der Waals surface area contributed by atoms with E-state index >= 15 is 0 Å². The van der Waals surface area contributed by atoms with E-state index in [4.69, 9.17) is 11.6 Å². The standard InChI is InChI=1S/C18H18ClFN6O/c1-12-5-8-26(25-12)17-10-16(23-11-24-17)21-6-7-22-18(27)9-13-14(19)3-2-4-15(13)20/h2-5,8,10-11H,6-7,9H2,1H3,(H,22,27)(H,21,23,24). The van der Waals surface area contributed by atoms with E-state index in [0.717, 1.165) is 5.69 Å². The number of carbonyl (C=O) groups excluding carboxylic acids is 1. The molecule has 2 aromatic heterocycles. The first-order chi connectivity index (χ1) is 13.0. The lowest BCUT2D eigenvalue weighted by atomic mass is 10.1. The first-order valence-electron chi connectivity index (χ1n) is 8.31. The lowest BCUT2D eigenvalue weighted by Gasteiger charge is -2.09. The van der Waals surface area contributed by atoms with Gasteiger partial charge in [0.05, 0.1) is 12.1 Å². The first kappa shape index (κ1) is 18.8. The van der Waals surface area contributed by atoms with E-state index < -0.39 is 5.82 Å². The number of hydrogen-bond acceptors (Lipinski definition) is 5. The topological polar surface area (TPSA) is 84.7 Å². The van der Waals surface area contributed by atoms with Gasteiger partial charge in [0.25, 0.3) is 0 Å². The van der Waals surface area contributed by atoms with Crippen molar-refractivity contribution in [2.24, 2.45) is 0 Å². The lowest BCUT2D eigenvalue weighted by Crippen LogP contribution is -2.30. The van der Waals surface area contributed by atoms with Crippen LogP contribution in [0.4, 0.5) is 10.2 Å². The van der Waals surface area contributed by atoms with E-state index in [1.807, 2.05) is 19.2 Å². The van der Waals surface area contributed by atoms with Crippen LogP contribution in [0, 0.1) is 12.7 Å². The Morgan fingerprint density at radius 1 is 1.26 bits per heavy atom. The number of amides is 1. The number of carbonyl (C=O) groups is 1. The number of nitrogens with one attached hydrogen (secondary N) is 2. The van der Waals surface area contributed by atoms with Crippen LogP contribution in [0.3, 0.4) is 0 Å². The minimum Gasteiger partial charge on any atom is -0.368 e. The molecule has 3 rings (SSSR count). The molecule has 0 unspecified atom stereocenters. The van der Waals surface area contributed by atoms with Gasteiger partial charge in [-0.15, -0.1) is 0 Å². The molecule has 0 aliphatic rings. The highest BCUT2D eigenvalue weighted by atomic mass is 35.5. The van der Waals surface area contributed by atoms with E-state index in [2.05, 4.69) is 25.7 Å². The highest BCUT2D eigenvalue weighted by Crippen LogP contribution is 2.19. The Balaban J connectivity index is 1.48. The average Bonchev–Trinajstić information content (AvgIpc) is 3.09. The van der Waals surface area contributed by atoms with Gasteiger partial charge in [-0.3, -0.25) is 4.79 Å². The average molecular weight is 389 g/mol. The minimum absolute atomic E-state index is 0.109. The number of anilines is 1. The minimum atomic E-state index is -0.488. The lowest BCUT2D eigenvalue weighted by molar-refractivity contribution is -0.120. The SMILES string of the molecule is Cc1ccn(-c2cc(NCCNC(=O)Cc3c(F)cccc3Cl)ncn2)n1. The Bertz CT molecular complexity index is 925. The number of aryl methyl sites for hydroxylation is 1. The zero-order valence-corrected chi connectivity index (χ0v) is 15.4. The van der Waals surface area contributed by atoms with Crippen molar-refractivity contribution >= 4 is 23.3 Å². The fourth-order valence-corrected chi connectivity index (χ4v) is 2.66. The second-order valence-corrected chi connectivity index (χ2v) is 6.22. The summed E-state index contributed by atoms with van der Waals surface area (Å²) in [5.41, 5.74) is 1.08. The van der Waals surface area contributed by atoms with Crippen molar-refractivity contribution in [1.29, 1.82) is 0 Å². The normalized spacial score (nSPS) is 10.6. The van der Waals surface area contributed by atoms with Crippen molar-refractivity contribution in [3.8, 4) is 5.82 Å². The molecule has 0 atom stereocenters. The van der Waals surface area contributed by atoms with E-state index in [1.54, 1.807) is 16.8 Å². The molecule has 1 aromatic carbocycles. The second kappa shape index (κ2) is 8.59. The van der Waals surface area contributed by atoms with Crippen LogP contribution in [0.5, 0.6) is 0 Å². The smallest absolute Gasteiger partial charge is 0.224 e. The van der Waals surface area contributed by atoms with Gasteiger partial charge in [-0.25, -0.2) is 19.0 Å². The van der Waals surface area contributed by atoms with Gasteiger partial charge in [-0.1, -0.05) is 17.7 Å². The van der Waals surface area contributed by atoms with Gasteiger partial charge in [0.1, 0.15) is 18.0 Å². The van der Waals surface area contributed by atoms with Crippen LogP contribution >= 0.6 is 11.6 Å². The number of aromatic nitrogens is 4. The van der Waals surface area contributed by atoms with Crippen molar-refractivity contribution in [2.75, 3.05) is 18.4 Å². The maximum atomic E-state index is 13.7. The maximum Gasteiger partial charge on any atom is 0.224 e. The zero-order chi connectivity index (χ0) is 19.2. The summed E-state index contributed by atoms with van der Waals surface area (Å²) in [5.74, 6) is 0.454. The van der Waals surface area contributed by atoms with E-state index in [1.165, 1.54) is 18.5 Å². The van der Waals surface area contributed by atoms with Crippen molar-refractivity contribution in [3.05, 3.63) is 65.0 Å². The van der Waals surface area contributed by atoms with Crippen LogP contribution < -0.4 is 10.6 Å². The Labute approximate surface area is 160 Å². The molecule has 0 bridgehead atoms. The molecule has 0 radical (unpaired) electrons. The van der Waals surface area contributed by atoms with Crippen LogP contribution in [0.1, 0.15) is 11.3 Å². The predicted octanol–water partition coefficient (Wildman–Crippen LogP) is 2.53. The van der Waals surface area contributed by atoms with Gasteiger partial charge in [-0.2, -0.15) is 5.10 Å². The van der Waals surface area contributed by atoms with E-state index in [9.17, 15) is 9.18 Å². The largest absolute Gasteiger partial charge is 0.368 e. The molecule has 2 N–H and O–H groups in total. The van der Waals surface area contributed by atoms with Gasteiger partial charge in [0, 0.05) is 35.9 Å². The zero-order valence-electron chi connectivity index (χ0n) is 14.6. The van der Waals surface area contributed by atoms with Crippen molar-refractivity contribution in [2.45, 2.75) is 13.3 Å². The van der Waals surface area contributed by atoms with Crippen LogP contribution in [0.2, 0.25) is 5.02 Å². The number of nitrogens with zero attached hydrogens (tertiary/aromatic N) is 4. The molecule has 3 aromatic rings. The molecule has 0 aliphatic carbocycles. The molecule has 0 fully saturated rings. The number of hydrogen-bond donors (Lipinski definition) is 2. The van der Waals surface area contributed by atoms with Crippen molar-refractivity contribution in [1.82, 2.24) is 25.1 Å². The monoisotopic (exact) mass is 388 g/mol. The molecule has 0 spiro atoms. The van der Waals surface area contributed by atoms with Gasteiger partial charge in [-0.05, 0) is 25.1 Å². The number of benzene rings is 1. The third-order valence-electron chi connectivity index (χ3n) is 3.76. The molecule has 0 saturated carbocycles. The molecule has 140 valence electrons. The molecule has 1 amide bonds. The molecular formula is C18H18ClFN6O. The molecule has 7 nitrogen and oxygen atoms in total. The summed E-state index contributed by atoms with van der Waals surface area (Å²) in [4.78, 5) is 20.3. The first-order valence-corrected chi connectivity index (χ1v) is 8.69. The second-order valence-electron chi connectivity index (χ2n) is 5.82. The molecule has 0 aliphatic heterocycles. The Hall–Kier alpha value is -3.00. The molecule has 9 heteroatoms. The fraction of sp³-hybridized carbons (Fsp3) is 0.222. The third kappa shape index (κ3) is 5.01. The van der Waals surface area contributed by atoms with Crippen LogP contribution in [0.25, 0.3) is 5.82 Å². The third-order valence-corrected chi connectivity index (χ3v) is 4.12. The molecule has 27 heavy (non-hydrogen) atoms. The highest BCUT2D eigenvalue weighted by molar-refractivity contribution is 6.31. The van der Waals surface area contributed by atoms with Crippen LogP contribution in [-0.2, 0) is 11.2 Å². The molecular weight excluding hydrogens is 371 g/mol. The Morgan fingerprint density at radius 3 is 2.85 bits per heavy atom. The van der Waals surface area contributed by atoms with Gasteiger partial charge >= 0.3 is 0 Å². The molecule has 2 heterocycles. The Morgan fingerprint density at radius 2 is 2.11 bits per heavy atom. The van der Waals surface area contributed by atoms with Gasteiger partial charge in [0.15, 0.2) is 5.82 Å². The summed E-state index contributed by atoms with van der Waals surface area (Å²) in [5, 5.41) is 10.4. The van der Waals surface area contributed by atoms with E-state index in [0.29, 0.717) is 24.7 Å². The van der Waals surface area contributed by atoms with Crippen LogP contribution in [-0.4, -0.2) is 38.7 Å². The summed E-state index contributed by atoms with van der Waals surface area (Å²) < 4.78 is 15.4. The summed E-state index contributed by atoms with van der Waals surface area (Å²) in [7, 11) is 0. The Kier molecular flexibility index (Phi) is 5.97. The fourth-order valence-electron chi connectivity index (χ4n) is 2.43. The van der Waals surface area contributed by atoms with Crippen molar-refractivity contribution < 1.29 is 9.18 Å². The van der Waals surface area contributed by atoms with E-state index in [-0.39, 0.29) is 22.9 Å². The van der Waals surface area contributed by atoms with Crippen LogP contribution in [0.15, 0.2) is 42.9 Å². The summed E-state index contributed by atoms with van der Waals surface area (Å²) in [6.45, 7) is 2.70. The summed E-state index contributed by atoms with van der Waals surface area (Å²) in [6, 6.07) is 7.98. The number of halogens is 2. The van der Waals surface area contributed by atoms with Gasteiger partial charge < -0.3 is 10.6 Å². The maximum absolute atomic E-state index is 13.7. The highest BCUT2D eigenvalue weighted by Gasteiger charge is 2.11. The molecule has 0 saturated heterocycles. The van der Waals surface area contributed by atoms with Crippen molar-refractivity contribution in [3.63, 3.8) is 0 Å². The van der Waals surface area contributed by atoms with Gasteiger partial charge in [0.2, 0.25) is 5.91 Å². The number of rotatable bonds is 7.